The molecular formula is C27H36F3N3O3S. The number of rotatable bonds is 6. The predicted molar refractivity (Wildman–Crippen MR) is 140 cm³/mol. The summed E-state index contributed by atoms with van der Waals surface area (Å²) >= 11 is 0. The van der Waals surface area contributed by atoms with E-state index in [-0.39, 0.29) is 24.5 Å². The maximum Gasteiger partial charge on any atom is 0.391 e. The Kier molecular flexibility index (Phi) is 9.39. The fourth-order valence-corrected chi connectivity index (χ4v) is 5.36. The number of aromatic nitrogens is 2. The number of carbonyl (C=O) groups excluding carboxylic acids is 1. The van der Waals surface area contributed by atoms with E-state index in [1.807, 2.05) is 18.2 Å². The van der Waals surface area contributed by atoms with Crippen molar-refractivity contribution in [2.45, 2.75) is 77.0 Å². The third-order valence-electron chi connectivity index (χ3n) is 6.72. The zero-order valence-corrected chi connectivity index (χ0v) is 22.3. The van der Waals surface area contributed by atoms with Crippen LogP contribution in [0.3, 0.4) is 0 Å². The van der Waals surface area contributed by atoms with Crippen LogP contribution < -0.4 is 5.32 Å². The summed E-state index contributed by atoms with van der Waals surface area (Å²) in [5.74, 6) is -1.15. The molecule has 4 rings (SSSR count). The van der Waals surface area contributed by atoms with Crippen molar-refractivity contribution in [3.05, 3.63) is 59.5 Å². The lowest BCUT2D eigenvalue weighted by Gasteiger charge is -2.23. The smallest absolute Gasteiger partial charge is 0.346 e. The molecule has 1 saturated carbocycles. The molecule has 1 amide bonds. The number of pyridine rings is 1. The van der Waals surface area contributed by atoms with E-state index in [9.17, 15) is 26.4 Å². The van der Waals surface area contributed by atoms with Gasteiger partial charge in [-0.3, -0.25) is 9.78 Å². The van der Waals surface area contributed by atoms with Crippen LogP contribution in [-0.2, 0) is 22.9 Å². The average molecular weight is 540 g/mol. The van der Waals surface area contributed by atoms with Crippen LogP contribution in [0.15, 0.2) is 47.5 Å². The molecule has 1 fully saturated rings. The van der Waals surface area contributed by atoms with Gasteiger partial charge in [-0.2, -0.15) is 13.2 Å². The molecular weight excluding hydrogens is 503 g/mol. The molecule has 1 aromatic carbocycles. The van der Waals surface area contributed by atoms with Crippen molar-refractivity contribution in [1.82, 2.24) is 14.9 Å². The Balaban J connectivity index is 0.000000389. The van der Waals surface area contributed by atoms with Crippen LogP contribution in [-0.4, -0.2) is 35.8 Å². The number of nitrogens with one attached hydrogen (secondary N) is 1. The van der Waals surface area contributed by atoms with Crippen molar-refractivity contribution < 1.29 is 27.8 Å². The molecule has 10 heteroatoms. The van der Waals surface area contributed by atoms with E-state index in [0.29, 0.717) is 24.1 Å². The van der Waals surface area contributed by atoms with Crippen LogP contribution >= 0.6 is 0 Å². The summed E-state index contributed by atoms with van der Waals surface area (Å²) in [5, 5.41) is 3.87. The Hall–Kier alpha value is -2.88. The van der Waals surface area contributed by atoms with Gasteiger partial charge in [0.2, 0.25) is 0 Å². The fourth-order valence-electron chi connectivity index (χ4n) is 4.54. The molecule has 1 aliphatic rings. The van der Waals surface area contributed by atoms with E-state index in [2.05, 4.69) is 34.8 Å². The van der Waals surface area contributed by atoms with Gasteiger partial charge >= 0.3 is 6.18 Å². The fraction of sp³-hybridized carbons (Fsp3) is 0.481. The van der Waals surface area contributed by atoms with Crippen molar-refractivity contribution in [2.75, 3.05) is 5.75 Å². The lowest BCUT2D eigenvalue weighted by molar-refractivity contribution is -0.181. The van der Waals surface area contributed by atoms with E-state index >= 15 is 0 Å². The molecule has 3 aromatic rings. The van der Waals surface area contributed by atoms with Crippen LogP contribution in [0.5, 0.6) is 0 Å². The summed E-state index contributed by atoms with van der Waals surface area (Å²) in [6.45, 7) is 6.86. The lowest BCUT2D eigenvalue weighted by atomic mass is 9.89. The zero-order chi connectivity index (χ0) is 27.2. The zero-order valence-electron chi connectivity index (χ0n) is 21.4. The van der Waals surface area contributed by atoms with Crippen molar-refractivity contribution >= 4 is 26.6 Å². The monoisotopic (exact) mass is 539 g/mol. The summed E-state index contributed by atoms with van der Waals surface area (Å²) in [7, 11) is -3.27. The number of alkyl halides is 3. The molecule has 0 aliphatic heterocycles. The summed E-state index contributed by atoms with van der Waals surface area (Å²) in [6.07, 6.45) is 0.594. The number of amides is 1. The minimum atomic E-state index is -3.93. The minimum Gasteiger partial charge on any atom is -0.346 e. The van der Waals surface area contributed by atoms with Gasteiger partial charge in [0.15, 0.2) is 9.84 Å². The first-order valence-corrected chi connectivity index (χ1v) is 14.2. The third-order valence-corrected chi connectivity index (χ3v) is 8.44. The van der Waals surface area contributed by atoms with Crippen LogP contribution in [0.2, 0.25) is 0 Å². The highest BCUT2D eigenvalue weighted by Crippen LogP contribution is 2.37. The Morgan fingerprint density at radius 3 is 2.35 bits per heavy atom. The summed E-state index contributed by atoms with van der Waals surface area (Å²) in [6, 6.07) is 10.9. The predicted octanol–water partition coefficient (Wildman–Crippen LogP) is 6.46. The molecule has 1 N–H and O–H groups in total. The van der Waals surface area contributed by atoms with E-state index in [1.54, 1.807) is 13.0 Å². The quantitative estimate of drug-likeness (QED) is 0.390. The maximum atomic E-state index is 12.5. The van der Waals surface area contributed by atoms with Gasteiger partial charge in [-0.15, -0.1) is 0 Å². The third kappa shape index (κ3) is 7.34. The molecule has 37 heavy (non-hydrogen) atoms. The molecule has 2 aromatic heterocycles. The average Bonchev–Trinajstić information content (AvgIpc) is 3.21. The van der Waals surface area contributed by atoms with Crippen molar-refractivity contribution in [3.63, 3.8) is 0 Å². The molecule has 1 aliphatic carbocycles. The van der Waals surface area contributed by atoms with Gasteiger partial charge in [0.25, 0.3) is 5.91 Å². The number of nitrogens with zero attached hydrogens (tertiary/aromatic N) is 2. The number of halogens is 3. The second-order valence-corrected chi connectivity index (χ2v) is 11.5. The van der Waals surface area contributed by atoms with E-state index in [0.717, 1.165) is 42.4 Å². The second-order valence-electron chi connectivity index (χ2n) is 9.25. The number of sulfone groups is 1. The molecule has 0 atom stereocenters. The second kappa shape index (κ2) is 12.1. The maximum absolute atomic E-state index is 12.5. The van der Waals surface area contributed by atoms with Crippen molar-refractivity contribution in [3.8, 4) is 0 Å². The first kappa shape index (κ1) is 28.7. The van der Waals surface area contributed by atoms with Gasteiger partial charge < -0.3 is 9.88 Å². The van der Waals surface area contributed by atoms with Gasteiger partial charge in [0.1, 0.15) is 0 Å². The summed E-state index contributed by atoms with van der Waals surface area (Å²) < 4.78 is 61.6. The number of fused-ring (bicyclic) bond motifs is 1. The molecule has 0 bridgehead atoms. The largest absolute Gasteiger partial charge is 0.391 e. The van der Waals surface area contributed by atoms with Gasteiger partial charge in [-0.25, -0.2) is 8.42 Å². The highest BCUT2D eigenvalue weighted by Gasteiger charge is 2.39. The summed E-state index contributed by atoms with van der Waals surface area (Å²) in [5.41, 5.74) is 3.46. The first-order chi connectivity index (χ1) is 17.5. The van der Waals surface area contributed by atoms with Crippen molar-refractivity contribution in [2.24, 2.45) is 5.92 Å². The Morgan fingerprint density at radius 1 is 1.11 bits per heavy atom. The SMILES string of the molecule is CCn1c(C)cc2cc(C(=O)NCc3ccc(S(=O)(=O)CC)cn3)ccc21.FC(F)(F)C1CCCCC1.[HH]. The molecule has 0 radical (unpaired) electrons. The highest BCUT2D eigenvalue weighted by atomic mass is 32.2. The molecule has 6 nitrogen and oxygen atoms in total. The first-order valence-electron chi connectivity index (χ1n) is 12.6. The molecule has 2 heterocycles. The molecule has 0 saturated heterocycles. The van der Waals surface area contributed by atoms with E-state index in [1.165, 1.54) is 12.3 Å². The number of hydrogen-bond donors (Lipinski definition) is 1. The number of carbonyl (C=O) groups is 1. The lowest BCUT2D eigenvalue weighted by Crippen LogP contribution is -2.24. The standard InChI is InChI=1S/C20H23N3O3S.C7H11F3.H2/c1-4-23-14(3)10-16-11-15(6-9-19(16)23)20(24)22-12-17-7-8-18(13-21-17)27(25,26)5-2;8-7(9,10)6-4-2-1-3-5-6;/h6-11,13H,4-5,12H2,1-3H3,(H,22,24);6H,1-5H2;1H. The molecule has 0 unspecified atom stereocenters. The van der Waals surface area contributed by atoms with Crippen LogP contribution in [0.25, 0.3) is 10.9 Å². The minimum absolute atomic E-state index is 0. The van der Waals surface area contributed by atoms with E-state index in [4.69, 9.17) is 0 Å². The van der Waals surface area contributed by atoms with Crippen molar-refractivity contribution in [1.29, 1.82) is 0 Å². The van der Waals surface area contributed by atoms with E-state index < -0.39 is 21.9 Å². The van der Waals surface area contributed by atoms with Crippen LogP contribution in [0.1, 0.15) is 69.1 Å². The highest BCUT2D eigenvalue weighted by molar-refractivity contribution is 7.91. The Bertz CT molecular complexity index is 1320. The summed E-state index contributed by atoms with van der Waals surface area (Å²) in [4.78, 5) is 16.8. The van der Waals surface area contributed by atoms with Gasteiger partial charge in [-0.1, -0.05) is 26.2 Å². The topological polar surface area (TPSA) is 81.1 Å². The van der Waals surface area contributed by atoms with Gasteiger partial charge in [-0.05, 0) is 63.1 Å². The van der Waals surface area contributed by atoms with Crippen LogP contribution in [0, 0.1) is 12.8 Å². The van der Waals surface area contributed by atoms with Crippen LogP contribution in [0.4, 0.5) is 13.2 Å². The number of hydrogen-bond acceptors (Lipinski definition) is 4. The Morgan fingerprint density at radius 2 is 1.81 bits per heavy atom. The van der Waals surface area contributed by atoms with Gasteiger partial charge in [0.05, 0.1) is 28.8 Å². The number of aryl methyl sites for hydroxylation is 2. The normalized spacial score (nSPS) is 14.8. The molecule has 0 spiro atoms. The van der Waals surface area contributed by atoms with Gasteiger partial charge in [0, 0.05) is 36.3 Å². The Labute approximate surface area is 217 Å². The molecule has 204 valence electrons. The number of benzene rings is 1.